The molecule has 14 heavy (non-hydrogen) atoms. The molecule has 0 aromatic heterocycles. The van der Waals surface area contributed by atoms with Gasteiger partial charge in [-0.2, -0.15) is 0 Å². The highest BCUT2D eigenvalue weighted by Gasteiger charge is 2.30. The summed E-state index contributed by atoms with van der Waals surface area (Å²) in [6, 6.07) is 7.19. The fraction of sp³-hybridized carbons (Fsp3) is 0.300. The topological polar surface area (TPSA) is 63.3 Å². The van der Waals surface area contributed by atoms with Gasteiger partial charge < -0.3 is 10.8 Å². The second kappa shape index (κ2) is 3.63. The lowest BCUT2D eigenvalue weighted by Crippen LogP contribution is -2.39. The van der Waals surface area contributed by atoms with Gasteiger partial charge in [0.1, 0.15) is 6.04 Å². The fourth-order valence-corrected chi connectivity index (χ4v) is 2.88. The van der Waals surface area contributed by atoms with Crippen LogP contribution in [0.1, 0.15) is 5.56 Å². The van der Waals surface area contributed by atoms with Crippen LogP contribution in [0, 0.1) is 0 Å². The van der Waals surface area contributed by atoms with Gasteiger partial charge in [0.25, 0.3) is 0 Å². The smallest absolute Gasteiger partial charge is 0.321 e. The molecule has 0 radical (unpaired) electrons. The third kappa shape index (κ3) is 1.63. The van der Waals surface area contributed by atoms with Crippen LogP contribution < -0.4 is 5.73 Å². The molecule has 1 aromatic carbocycles. The van der Waals surface area contributed by atoms with E-state index in [1.165, 1.54) is 5.56 Å². The zero-order valence-electron chi connectivity index (χ0n) is 7.51. The van der Waals surface area contributed by atoms with Crippen LogP contribution in [0.3, 0.4) is 0 Å². The predicted molar refractivity (Wildman–Crippen MR) is 55.4 cm³/mol. The largest absolute Gasteiger partial charge is 0.480 e. The van der Waals surface area contributed by atoms with Gasteiger partial charge in [0.05, 0.1) is 0 Å². The highest BCUT2D eigenvalue weighted by Crippen LogP contribution is 2.37. The maximum atomic E-state index is 10.7. The lowest BCUT2D eigenvalue weighted by atomic mass is 10.1. The molecule has 0 amide bonds. The van der Waals surface area contributed by atoms with Gasteiger partial charge in [0.2, 0.25) is 0 Å². The number of hydrogen-bond donors (Lipinski definition) is 2. The number of fused-ring (bicyclic) bond motifs is 1. The van der Waals surface area contributed by atoms with Crippen LogP contribution in [0.4, 0.5) is 0 Å². The van der Waals surface area contributed by atoms with E-state index in [4.69, 9.17) is 10.8 Å². The van der Waals surface area contributed by atoms with E-state index < -0.39 is 12.0 Å². The van der Waals surface area contributed by atoms with Gasteiger partial charge in [-0.15, -0.1) is 11.8 Å². The summed E-state index contributed by atoms with van der Waals surface area (Å²) < 4.78 is 0. The maximum Gasteiger partial charge on any atom is 0.321 e. The van der Waals surface area contributed by atoms with Gasteiger partial charge in [0.15, 0.2) is 0 Å². The standard InChI is InChI=1S/C10H11NO2S/c11-9(10(12)13)8-5-6-3-1-2-4-7(6)14-8/h1-4,8-9H,5,11H2,(H,12,13). The molecule has 3 nitrogen and oxygen atoms in total. The van der Waals surface area contributed by atoms with E-state index in [2.05, 4.69) is 0 Å². The van der Waals surface area contributed by atoms with Crippen molar-refractivity contribution in [3.05, 3.63) is 29.8 Å². The minimum atomic E-state index is -0.921. The second-order valence-electron chi connectivity index (χ2n) is 3.33. The van der Waals surface area contributed by atoms with Crippen LogP contribution in [0.5, 0.6) is 0 Å². The van der Waals surface area contributed by atoms with Gasteiger partial charge in [-0.3, -0.25) is 4.79 Å². The molecule has 1 aliphatic rings. The van der Waals surface area contributed by atoms with Crippen molar-refractivity contribution in [1.29, 1.82) is 0 Å². The van der Waals surface area contributed by atoms with Crippen LogP contribution in [-0.4, -0.2) is 22.4 Å². The molecule has 2 atom stereocenters. The van der Waals surface area contributed by atoms with Crippen molar-refractivity contribution in [1.82, 2.24) is 0 Å². The molecule has 0 aliphatic carbocycles. The van der Waals surface area contributed by atoms with Crippen molar-refractivity contribution < 1.29 is 9.90 Å². The second-order valence-corrected chi connectivity index (χ2v) is 4.61. The first kappa shape index (κ1) is 9.55. The molecule has 1 heterocycles. The van der Waals surface area contributed by atoms with Crippen LogP contribution >= 0.6 is 11.8 Å². The third-order valence-electron chi connectivity index (χ3n) is 2.36. The Morgan fingerprint density at radius 3 is 2.93 bits per heavy atom. The Hall–Kier alpha value is -1.00. The number of nitrogens with two attached hydrogens (primary N) is 1. The molecule has 4 heteroatoms. The molecule has 74 valence electrons. The molecule has 1 aliphatic heterocycles. The van der Waals surface area contributed by atoms with Crippen molar-refractivity contribution in [2.45, 2.75) is 22.6 Å². The number of carboxylic acid groups (broad SMARTS) is 1. The van der Waals surface area contributed by atoms with Gasteiger partial charge in [-0.25, -0.2) is 0 Å². The SMILES string of the molecule is NC(C(=O)O)C1Cc2ccccc2S1. The minimum Gasteiger partial charge on any atom is -0.480 e. The van der Waals surface area contributed by atoms with E-state index in [1.807, 2.05) is 24.3 Å². The Kier molecular flexibility index (Phi) is 2.48. The average molecular weight is 209 g/mol. The summed E-state index contributed by atoms with van der Waals surface area (Å²) in [5.41, 5.74) is 6.79. The number of benzene rings is 1. The molecule has 1 aromatic rings. The van der Waals surface area contributed by atoms with Crippen LogP contribution in [-0.2, 0) is 11.2 Å². The number of aliphatic carboxylic acids is 1. The minimum absolute atomic E-state index is 0.0232. The van der Waals surface area contributed by atoms with E-state index in [-0.39, 0.29) is 5.25 Å². The number of carboxylic acids is 1. The van der Waals surface area contributed by atoms with Gasteiger partial charge in [-0.05, 0) is 18.1 Å². The van der Waals surface area contributed by atoms with Crippen molar-refractivity contribution in [2.75, 3.05) is 0 Å². The zero-order chi connectivity index (χ0) is 10.1. The maximum absolute atomic E-state index is 10.7. The summed E-state index contributed by atoms with van der Waals surface area (Å²) in [5.74, 6) is -0.921. The van der Waals surface area contributed by atoms with E-state index in [0.717, 1.165) is 11.3 Å². The Balaban J connectivity index is 2.15. The quantitative estimate of drug-likeness (QED) is 0.766. The monoisotopic (exact) mass is 209 g/mol. The Morgan fingerprint density at radius 2 is 2.29 bits per heavy atom. The first-order chi connectivity index (χ1) is 6.68. The summed E-state index contributed by atoms with van der Waals surface area (Å²) in [6.07, 6.45) is 0.758. The highest BCUT2D eigenvalue weighted by atomic mass is 32.2. The van der Waals surface area contributed by atoms with E-state index in [1.54, 1.807) is 11.8 Å². The van der Waals surface area contributed by atoms with Crippen LogP contribution in [0.2, 0.25) is 0 Å². The number of thioether (sulfide) groups is 1. The predicted octanol–water partition coefficient (Wildman–Crippen LogP) is 1.12. The Morgan fingerprint density at radius 1 is 1.57 bits per heavy atom. The zero-order valence-corrected chi connectivity index (χ0v) is 8.33. The fourth-order valence-electron chi connectivity index (χ4n) is 1.57. The van der Waals surface area contributed by atoms with Crippen molar-refractivity contribution in [2.24, 2.45) is 5.73 Å². The highest BCUT2D eigenvalue weighted by molar-refractivity contribution is 8.00. The summed E-state index contributed by atoms with van der Waals surface area (Å²) in [4.78, 5) is 11.9. The summed E-state index contributed by atoms with van der Waals surface area (Å²) in [7, 11) is 0. The van der Waals surface area contributed by atoms with E-state index in [0.29, 0.717) is 0 Å². The average Bonchev–Trinajstić information content (AvgIpc) is 2.59. The van der Waals surface area contributed by atoms with Crippen molar-refractivity contribution in [3.63, 3.8) is 0 Å². The first-order valence-corrected chi connectivity index (χ1v) is 5.29. The first-order valence-electron chi connectivity index (χ1n) is 4.41. The number of hydrogen-bond acceptors (Lipinski definition) is 3. The van der Waals surface area contributed by atoms with Crippen LogP contribution in [0.15, 0.2) is 29.2 Å². The molecule has 0 spiro atoms. The van der Waals surface area contributed by atoms with Gasteiger partial charge >= 0.3 is 5.97 Å². The number of carbonyl (C=O) groups is 1. The van der Waals surface area contributed by atoms with E-state index >= 15 is 0 Å². The molecule has 2 unspecified atom stereocenters. The van der Waals surface area contributed by atoms with Gasteiger partial charge in [-0.1, -0.05) is 18.2 Å². The molecule has 2 rings (SSSR count). The Bertz CT molecular complexity index is 342. The van der Waals surface area contributed by atoms with Gasteiger partial charge in [0, 0.05) is 10.1 Å². The molecule has 0 fully saturated rings. The normalized spacial score (nSPS) is 21.6. The number of rotatable bonds is 2. The van der Waals surface area contributed by atoms with E-state index in [9.17, 15) is 4.79 Å². The molecular formula is C10H11NO2S. The van der Waals surface area contributed by atoms with Crippen LogP contribution in [0.25, 0.3) is 0 Å². The summed E-state index contributed by atoms with van der Waals surface area (Å²) in [5, 5.41) is 8.76. The molecule has 0 bridgehead atoms. The third-order valence-corrected chi connectivity index (χ3v) is 3.77. The summed E-state index contributed by atoms with van der Waals surface area (Å²) >= 11 is 1.57. The summed E-state index contributed by atoms with van der Waals surface area (Å²) in [6.45, 7) is 0. The lowest BCUT2D eigenvalue weighted by molar-refractivity contribution is -0.138. The molecular weight excluding hydrogens is 198 g/mol. The van der Waals surface area contributed by atoms with Crippen molar-refractivity contribution in [3.8, 4) is 0 Å². The van der Waals surface area contributed by atoms with Crippen molar-refractivity contribution >= 4 is 17.7 Å². The Labute approximate surface area is 86.3 Å². The molecule has 0 saturated carbocycles. The lowest BCUT2D eigenvalue weighted by Gasteiger charge is -2.12. The molecule has 0 saturated heterocycles. The molecule has 3 N–H and O–H groups in total.